The minimum absolute atomic E-state index is 0.148. The summed E-state index contributed by atoms with van der Waals surface area (Å²) in [6, 6.07) is 11.4. The Morgan fingerprint density at radius 2 is 1.95 bits per heavy atom. The van der Waals surface area contributed by atoms with Gasteiger partial charge in [-0.25, -0.2) is 13.1 Å². The van der Waals surface area contributed by atoms with Gasteiger partial charge < -0.3 is 5.32 Å². The zero-order valence-electron chi connectivity index (χ0n) is 12.2. The summed E-state index contributed by atoms with van der Waals surface area (Å²) >= 11 is 1.45. The summed E-state index contributed by atoms with van der Waals surface area (Å²) in [5, 5.41) is 4.70. The van der Waals surface area contributed by atoms with Crippen LogP contribution in [0.4, 0.5) is 0 Å². The van der Waals surface area contributed by atoms with E-state index >= 15 is 0 Å². The van der Waals surface area contributed by atoms with Gasteiger partial charge in [0.1, 0.15) is 0 Å². The molecule has 1 unspecified atom stereocenters. The average Bonchev–Trinajstić information content (AvgIpc) is 2.89. The zero-order chi connectivity index (χ0) is 15.3. The van der Waals surface area contributed by atoms with Gasteiger partial charge in [-0.1, -0.05) is 30.3 Å². The molecule has 1 aromatic heterocycles. The maximum atomic E-state index is 12.3. The Kier molecular flexibility index (Phi) is 5.52. The monoisotopic (exact) mass is 324 g/mol. The molecule has 0 bridgehead atoms. The molecular formula is C15H20N2O2S2. The van der Waals surface area contributed by atoms with E-state index in [-0.39, 0.29) is 6.04 Å². The van der Waals surface area contributed by atoms with E-state index in [1.807, 2.05) is 44.3 Å². The Hall–Kier alpha value is -1.21. The molecule has 2 aromatic rings. The lowest BCUT2D eigenvalue weighted by atomic mass is 10.1. The fourth-order valence-electron chi connectivity index (χ4n) is 2.11. The second-order valence-corrected chi connectivity index (χ2v) is 7.70. The summed E-state index contributed by atoms with van der Waals surface area (Å²) in [7, 11) is -1.60. The molecule has 2 rings (SSSR count). The molecule has 1 atom stereocenters. The molecule has 114 valence electrons. The summed E-state index contributed by atoms with van der Waals surface area (Å²) in [5.74, 6) is 0. The van der Waals surface area contributed by atoms with E-state index in [0.717, 1.165) is 10.4 Å². The summed E-state index contributed by atoms with van der Waals surface area (Å²) in [5.41, 5.74) is 1.12. The van der Waals surface area contributed by atoms with Crippen molar-refractivity contribution in [2.45, 2.75) is 30.8 Å². The smallest absolute Gasteiger partial charge is 0.241 e. The first-order valence-electron chi connectivity index (χ1n) is 6.79. The highest BCUT2D eigenvalue weighted by atomic mass is 32.2. The van der Waals surface area contributed by atoms with Crippen molar-refractivity contribution in [1.82, 2.24) is 10.0 Å². The molecule has 21 heavy (non-hydrogen) atoms. The third kappa shape index (κ3) is 4.64. The molecule has 1 aromatic carbocycles. The maximum Gasteiger partial charge on any atom is 0.241 e. The number of hydrogen-bond acceptors (Lipinski definition) is 4. The predicted molar refractivity (Wildman–Crippen MR) is 87.0 cm³/mol. The molecule has 0 spiro atoms. The van der Waals surface area contributed by atoms with Crippen molar-refractivity contribution in [2.24, 2.45) is 0 Å². The summed E-state index contributed by atoms with van der Waals surface area (Å²) in [6.45, 7) is 2.56. The molecule has 1 heterocycles. The molecule has 0 aliphatic rings. The predicted octanol–water partition coefficient (Wildman–Crippen LogP) is 2.38. The minimum atomic E-state index is -3.44. The Balaban J connectivity index is 2.02. The molecule has 0 radical (unpaired) electrons. The second kappa shape index (κ2) is 7.17. The van der Waals surface area contributed by atoms with Crippen molar-refractivity contribution in [3.63, 3.8) is 0 Å². The Morgan fingerprint density at radius 3 is 2.62 bits per heavy atom. The van der Waals surface area contributed by atoms with Crippen molar-refractivity contribution < 1.29 is 8.42 Å². The first kappa shape index (κ1) is 16.2. The Bertz CT molecular complexity index is 666. The zero-order valence-corrected chi connectivity index (χ0v) is 13.8. The average molecular weight is 324 g/mol. The lowest BCUT2D eigenvalue weighted by Crippen LogP contribution is -2.33. The first-order valence-corrected chi connectivity index (χ1v) is 9.16. The normalized spacial score (nSPS) is 13.2. The number of sulfonamides is 1. The second-order valence-electron chi connectivity index (χ2n) is 4.99. The number of rotatable bonds is 7. The van der Waals surface area contributed by atoms with E-state index in [1.54, 1.807) is 11.4 Å². The summed E-state index contributed by atoms with van der Waals surface area (Å²) in [6.07, 6.45) is 0.674. The van der Waals surface area contributed by atoms with Gasteiger partial charge in [0.2, 0.25) is 10.0 Å². The molecule has 4 nitrogen and oxygen atoms in total. The van der Waals surface area contributed by atoms with E-state index < -0.39 is 10.0 Å². The first-order chi connectivity index (χ1) is 10.0. The van der Waals surface area contributed by atoms with E-state index in [9.17, 15) is 8.42 Å². The topological polar surface area (TPSA) is 58.2 Å². The highest BCUT2D eigenvalue weighted by molar-refractivity contribution is 7.89. The summed E-state index contributed by atoms with van der Waals surface area (Å²) in [4.78, 5) is 1.35. The quantitative estimate of drug-likeness (QED) is 0.822. The number of thiophene rings is 1. The lowest BCUT2D eigenvalue weighted by molar-refractivity contribution is 0.560. The molecular weight excluding hydrogens is 304 g/mol. The van der Waals surface area contributed by atoms with E-state index in [0.29, 0.717) is 17.9 Å². The van der Waals surface area contributed by atoms with Crippen LogP contribution < -0.4 is 10.0 Å². The third-order valence-corrected chi connectivity index (χ3v) is 5.69. The van der Waals surface area contributed by atoms with Gasteiger partial charge in [0.15, 0.2) is 0 Å². The number of benzene rings is 1. The van der Waals surface area contributed by atoms with Crippen LogP contribution in [0.5, 0.6) is 0 Å². The van der Waals surface area contributed by atoms with E-state index in [2.05, 4.69) is 10.0 Å². The number of nitrogens with one attached hydrogen (secondary N) is 2. The van der Waals surface area contributed by atoms with Gasteiger partial charge in [-0.2, -0.15) is 0 Å². The van der Waals surface area contributed by atoms with E-state index in [1.165, 1.54) is 11.3 Å². The van der Waals surface area contributed by atoms with Crippen LogP contribution in [-0.4, -0.2) is 21.5 Å². The standard InChI is InChI=1S/C15H20N2O2S2/c1-12(8-13-6-4-3-5-7-13)17-21(18,19)15-9-14(10-16-2)20-11-15/h3-7,9,11-12,16-17H,8,10H2,1-2H3. The molecule has 0 aliphatic carbocycles. The van der Waals surface area contributed by atoms with Gasteiger partial charge in [0, 0.05) is 22.8 Å². The molecule has 0 amide bonds. The van der Waals surface area contributed by atoms with E-state index in [4.69, 9.17) is 0 Å². The fraction of sp³-hybridized carbons (Fsp3) is 0.333. The Labute approximate surface area is 130 Å². The van der Waals surface area contributed by atoms with Gasteiger partial charge in [-0.15, -0.1) is 11.3 Å². The van der Waals surface area contributed by atoms with Crippen LogP contribution in [0.3, 0.4) is 0 Å². The number of hydrogen-bond donors (Lipinski definition) is 2. The summed E-state index contributed by atoms with van der Waals surface area (Å²) < 4.78 is 27.4. The third-order valence-electron chi connectivity index (χ3n) is 3.03. The van der Waals surface area contributed by atoms with Crippen molar-refractivity contribution in [3.8, 4) is 0 Å². The van der Waals surface area contributed by atoms with Crippen LogP contribution in [0.1, 0.15) is 17.4 Å². The highest BCUT2D eigenvalue weighted by Gasteiger charge is 2.19. The van der Waals surface area contributed by atoms with Gasteiger partial charge in [-0.3, -0.25) is 0 Å². The van der Waals surface area contributed by atoms with Crippen LogP contribution in [0.25, 0.3) is 0 Å². The maximum absolute atomic E-state index is 12.3. The van der Waals surface area contributed by atoms with Crippen LogP contribution >= 0.6 is 11.3 Å². The largest absolute Gasteiger partial charge is 0.315 e. The molecule has 6 heteroatoms. The molecule has 0 aliphatic heterocycles. The lowest BCUT2D eigenvalue weighted by Gasteiger charge is -2.13. The van der Waals surface area contributed by atoms with Crippen LogP contribution in [-0.2, 0) is 23.0 Å². The van der Waals surface area contributed by atoms with Crippen LogP contribution in [0.15, 0.2) is 46.7 Å². The molecule has 0 saturated heterocycles. The minimum Gasteiger partial charge on any atom is -0.315 e. The van der Waals surface area contributed by atoms with Crippen molar-refractivity contribution >= 4 is 21.4 Å². The van der Waals surface area contributed by atoms with Gasteiger partial charge in [0.05, 0.1) is 4.90 Å². The van der Waals surface area contributed by atoms with Gasteiger partial charge in [-0.05, 0) is 32.0 Å². The van der Waals surface area contributed by atoms with Crippen molar-refractivity contribution in [2.75, 3.05) is 7.05 Å². The molecule has 2 N–H and O–H groups in total. The van der Waals surface area contributed by atoms with Crippen molar-refractivity contribution in [3.05, 3.63) is 52.2 Å². The van der Waals surface area contributed by atoms with Crippen LogP contribution in [0.2, 0.25) is 0 Å². The van der Waals surface area contributed by atoms with Gasteiger partial charge >= 0.3 is 0 Å². The van der Waals surface area contributed by atoms with Crippen molar-refractivity contribution in [1.29, 1.82) is 0 Å². The van der Waals surface area contributed by atoms with Crippen LogP contribution in [0, 0.1) is 0 Å². The Morgan fingerprint density at radius 1 is 1.24 bits per heavy atom. The van der Waals surface area contributed by atoms with Gasteiger partial charge in [0.25, 0.3) is 0 Å². The fourth-order valence-corrected chi connectivity index (χ4v) is 4.64. The molecule has 0 fully saturated rings. The SMILES string of the molecule is CNCc1cc(S(=O)(=O)NC(C)Cc2ccccc2)cs1. The molecule has 0 saturated carbocycles. The highest BCUT2D eigenvalue weighted by Crippen LogP contribution is 2.19.